The summed E-state index contributed by atoms with van der Waals surface area (Å²) in [6.45, 7) is 6.69. The molecule has 1 heterocycles. The van der Waals surface area contributed by atoms with Crippen LogP contribution in [0.1, 0.15) is 25.8 Å². The summed E-state index contributed by atoms with van der Waals surface area (Å²) < 4.78 is 0. The van der Waals surface area contributed by atoms with E-state index >= 15 is 0 Å². The lowest BCUT2D eigenvalue weighted by Crippen LogP contribution is -2.23. The van der Waals surface area contributed by atoms with Crippen molar-refractivity contribution in [2.45, 2.75) is 26.7 Å². The van der Waals surface area contributed by atoms with E-state index in [1.165, 1.54) is 22.8 Å². The zero-order valence-electron chi connectivity index (χ0n) is 11.3. The van der Waals surface area contributed by atoms with Crippen LogP contribution in [-0.2, 0) is 6.42 Å². The predicted octanol–water partition coefficient (Wildman–Crippen LogP) is 3.41. The largest absolute Gasteiger partial charge is 0.316 e. The molecule has 0 fully saturated rings. The summed E-state index contributed by atoms with van der Waals surface area (Å²) in [7, 11) is 0. The first kappa shape index (κ1) is 13.0. The molecule has 0 aliphatic carbocycles. The second kappa shape index (κ2) is 6.50. The Hall–Kier alpha value is -1.41. The van der Waals surface area contributed by atoms with E-state index in [9.17, 15) is 0 Å². The maximum Gasteiger partial charge on any atom is 0.0346 e. The smallest absolute Gasteiger partial charge is 0.0346 e. The summed E-state index contributed by atoms with van der Waals surface area (Å²) in [5, 5.41) is 6.06. The second-order valence-electron chi connectivity index (χ2n) is 5.03. The van der Waals surface area contributed by atoms with Crippen molar-refractivity contribution in [1.29, 1.82) is 0 Å². The minimum atomic E-state index is 0.643. The van der Waals surface area contributed by atoms with Crippen molar-refractivity contribution in [3.63, 3.8) is 0 Å². The summed E-state index contributed by atoms with van der Waals surface area (Å²) >= 11 is 0. The fourth-order valence-corrected chi connectivity index (χ4v) is 2.31. The van der Waals surface area contributed by atoms with Crippen LogP contribution in [-0.4, -0.2) is 18.1 Å². The highest BCUT2D eigenvalue weighted by atomic mass is 14.8. The van der Waals surface area contributed by atoms with E-state index < -0.39 is 0 Å². The topological polar surface area (TPSA) is 24.9 Å². The summed E-state index contributed by atoms with van der Waals surface area (Å²) in [4.78, 5) is 4.34. The van der Waals surface area contributed by atoms with Gasteiger partial charge in [0, 0.05) is 17.8 Å². The molecule has 2 aromatic rings. The zero-order chi connectivity index (χ0) is 12.8. The lowest BCUT2D eigenvalue weighted by Gasteiger charge is -2.13. The van der Waals surface area contributed by atoms with Crippen molar-refractivity contribution in [1.82, 2.24) is 10.3 Å². The molecule has 0 saturated carbocycles. The Morgan fingerprint density at radius 3 is 2.89 bits per heavy atom. The van der Waals surface area contributed by atoms with Crippen molar-refractivity contribution in [3.8, 4) is 0 Å². The van der Waals surface area contributed by atoms with Crippen molar-refractivity contribution >= 4 is 10.8 Å². The standard InChI is InChI=1S/C16H22N2/c1-3-8-17-10-13(2)9-15-12-18-11-14-6-4-5-7-16(14)15/h4-7,11-13,17H,3,8-10H2,1-2H3. The molecule has 2 rings (SSSR count). The Morgan fingerprint density at radius 1 is 1.22 bits per heavy atom. The molecular formula is C16H22N2. The Morgan fingerprint density at radius 2 is 2.06 bits per heavy atom. The fourth-order valence-electron chi connectivity index (χ4n) is 2.31. The van der Waals surface area contributed by atoms with Crippen molar-refractivity contribution in [2.75, 3.05) is 13.1 Å². The molecule has 0 aliphatic rings. The SMILES string of the molecule is CCCNCC(C)Cc1cncc2ccccc12. The van der Waals surface area contributed by atoms with Crippen LogP contribution in [0.15, 0.2) is 36.7 Å². The molecule has 0 aliphatic heterocycles. The van der Waals surface area contributed by atoms with Crippen molar-refractivity contribution < 1.29 is 0 Å². The lowest BCUT2D eigenvalue weighted by molar-refractivity contribution is 0.511. The molecular weight excluding hydrogens is 220 g/mol. The summed E-state index contributed by atoms with van der Waals surface area (Å²) in [6, 6.07) is 8.50. The normalized spacial score (nSPS) is 12.8. The van der Waals surface area contributed by atoms with Crippen LogP contribution in [0.3, 0.4) is 0 Å². The van der Waals surface area contributed by atoms with Crippen LogP contribution < -0.4 is 5.32 Å². The Kier molecular flexibility index (Phi) is 4.71. The van der Waals surface area contributed by atoms with Crippen LogP contribution in [0.5, 0.6) is 0 Å². The molecule has 0 amide bonds. The number of nitrogens with one attached hydrogen (secondary N) is 1. The molecule has 1 aromatic heterocycles. The van der Waals surface area contributed by atoms with E-state index in [0.717, 1.165) is 19.5 Å². The van der Waals surface area contributed by atoms with Crippen LogP contribution in [0.25, 0.3) is 10.8 Å². The highest BCUT2D eigenvalue weighted by Crippen LogP contribution is 2.19. The molecule has 1 atom stereocenters. The third-order valence-electron chi connectivity index (χ3n) is 3.24. The lowest BCUT2D eigenvalue weighted by atomic mass is 9.98. The van der Waals surface area contributed by atoms with Crippen molar-refractivity contribution in [2.24, 2.45) is 5.92 Å². The number of nitrogens with zero attached hydrogens (tertiary/aromatic N) is 1. The third kappa shape index (κ3) is 3.30. The minimum absolute atomic E-state index is 0.643. The number of hydrogen-bond donors (Lipinski definition) is 1. The monoisotopic (exact) mass is 242 g/mol. The van der Waals surface area contributed by atoms with Gasteiger partial charge in [0.1, 0.15) is 0 Å². The molecule has 0 saturated heterocycles. The average molecular weight is 242 g/mol. The summed E-state index contributed by atoms with van der Waals surface area (Å²) in [5.74, 6) is 0.643. The van der Waals surface area contributed by atoms with Gasteiger partial charge in [-0.25, -0.2) is 0 Å². The number of fused-ring (bicyclic) bond motifs is 1. The Labute approximate surface area is 109 Å². The van der Waals surface area contributed by atoms with Gasteiger partial charge in [0.05, 0.1) is 0 Å². The van der Waals surface area contributed by atoms with Gasteiger partial charge in [0.25, 0.3) is 0 Å². The highest BCUT2D eigenvalue weighted by molar-refractivity contribution is 5.84. The van der Waals surface area contributed by atoms with Gasteiger partial charge in [0.2, 0.25) is 0 Å². The first-order valence-corrected chi connectivity index (χ1v) is 6.83. The Bertz CT molecular complexity index is 488. The van der Waals surface area contributed by atoms with Crippen LogP contribution in [0.2, 0.25) is 0 Å². The van der Waals surface area contributed by atoms with E-state index in [-0.39, 0.29) is 0 Å². The molecule has 0 bridgehead atoms. The molecule has 2 nitrogen and oxygen atoms in total. The first-order valence-electron chi connectivity index (χ1n) is 6.83. The number of benzene rings is 1. The zero-order valence-corrected chi connectivity index (χ0v) is 11.3. The van der Waals surface area contributed by atoms with E-state index in [1.807, 2.05) is 12.4 Å². The van der Waals surface area contributed by atoms with Gasteiger partial charge in [-0.2, -0.15) is 0 Å². The first-order chi connectivity index (χ1) is 8.81. The molecule has 1 unspecified atom stereocenters. The Balaban J connectivity index is 2.07. The molecule has 0 radical (unpaired) electrons. The fraction of sp³-hybridized carbons (Fsp3) is 0.438. The van der Waals surface area contributed by atoms with Crippen LogP contribution >= 0.6 is 0 Å². The minimum Gasteiger partial charge on any atom is -0.316 e. The van der Waals surface area contributed by atoms with E-state index in [2.05, 4.69) is 48.4 Å². The van der Waals surface area contributed by atoms with E-state index in [4.69, 9.17) is 0 Å². The summed E-state index contributed by atoms with van der Waals surface area (Å²) in [5.41, 5.74) is 1.36. The average Bonchev–Trinajstić information content (AvgIpc) is 2.39. The maximum absolute atomic E-state index is 4.34. The van der Waals surface area contributed by atoms with E-state index in [1.54, 1.807) is 0 Å². The van der Waals surface area contributed by atoms with Gasteiger partial charge < -0.3 is 5.32 Å². The second-order valence-corrected chi connectivity index (χ2v) is 5.03. The molecule has 1 aromatic carbocycles. The molecule has 18 heavy (non-hydrogen) atoms. The van der Waals surface area contributed by atoms with Crippen LogP contribution in [0.4, 0.5) is 0 Å². The van der Waals surface area contributed by atoms with Gasteiger partial charge in [-0.15, -0.1) is 0 Å². The molecule has 96 valence electrons. The maximum atomic E-state index is 4.34. The highest BCUT2D eigenvalue weighted by Gasteiger charge is 2.06. The molecule has 1 N–H and O–H groups in total. The van der Waals surface area contributed by atoms with E-state index in [0.29, 0.717) is 5.92 Å². The third-order valence-corrected chi connectivity index (χ3v) is 3.24. The number of aromatic nitrogens is 1. The number of rotatable bonds is 6. The van der Waals surface area contributed by atoms with Gasteiger partial charge >= 0.3 is 0 Å². The molecule has 0 spiro atoms. The number of hydrogen-bond acceptors (Lipinski definition) is 2. The number of pyridine rings is 1. The van der Waals surface area contributed by atoms with Gasteiger partial charge in [-0.1, -0.05) is 38.1 Å². The quantitative estimate of drug-likeness (QED) is 0.785. The predicted molar refractivity (Wildman–Crippen MR) is 77.8 cm³/mol. The van der Waals surface area contributed by atoms with Gasteiger partial charge in [-0.3, -0.25) is 4.98 Å². The van der Waals surface area contributed by atoms with Gasteiger partial charge in [-0.05, 0) is 42.8 Å². The van der Waals surface area contributed by atoms with Gasteiger partial charge in [0.15, 0.2) is 0 Å². The summed E-state index contributed by atoms with van der Waals surface area (Å²) in [6.07, 6.45) is 6.24. The van der Waals surface area contributed by atoms with Crippen LogP contribution in [0, 0.1) is 5.92 Å². The van der Waals surface area contributed by atoms with Crippen molar-refractivity contribution in [3.05, 3.63) is 42.2 Å². The molecule has 2 heteroatoms.